The van der Waals surface area contributed by atoms with Gasteiger partial charge in [0.2, 0.25) is 0 Å². The Morgan fingerprint density at radius 1 is 0.921 bits per heavy atom. The van der Waals surface area contributed by atoms with E-state index in [0.29, 0.717) is 17.9 Å². The molecule has 0 aromatic heterocycles. The molecule has 0 saturated carbocycles. The number of carbonyl (C=O) groups is 1. The molecule has 0 spiro atoms. The Labute approximate surface area is 221 Å². The van der Waals surface area contributed by atoms with Crippen LogP contribution in [0.5, 0.6) is 5.75 Å². The number of nitrogens with zero attached hydrogens (tertiary/aromatic N) is 3. The zero-order chi connectivity index (χ0) is 26.3. The van der Waals surface area contributed by atoms with Gasteiger partial charge >= 0.3 is 0 Å². The van der Waals surface area contributed by atoms with Gasteiger partial charge in [-0.15, -0.1) is 0 Å². The van der Waals surface area contributed by atoms with Crippen LogP contribution in [0.2, 0.25) is 0 Å². The third kappa shape index (κ3) is 3.40. The Kier molecular flexibility index (Phi) is 5.70. The highest BCUT2D eigenvalue weighted by molar-refractivity contribution is 6.08. The number of ether oxygens (including phenoxy) is 1. The Morgan fingerprint density at radius 2 is 1.63 bits per heavy atom. The van der Waals surface area contributed by atoms with Crippen molar-refractivity contribution in [2.75, 3.05) is 11.5 Å². The van der Waals surface area contributed by atoms with Gasteiger partial charge in [0, 0.05) is 16.9 Å². The molecule has 4 aromatic rings. The molecule has 4 aromatic carbocycles. The minimum Gasteiger partial charge on any atom is -0.494 e. The van der Waals surface area contributed by atoms with Crippen LogP contribution in [-0.4, -0.2) is 24.5 Å². The molecular weight excluding hydrogens is 470 g/mol. The second-order valence-electron chi connectivity index (χ2n) is 9.68. The minimum atomic E-state index is -1.49. The zero-order valence-corrected chi connectivity index (χ0v) is 20.9. The molecule has 3 unspecified atom stereocenters. The normalized spacial score (nSPS) is 20.7. The van der Waals surface area contributed by atoms with Crippen LogP contribution in [0.1, 0.15) is 34.3 Å². The minimum absolute atomic E-state index is 0.115. The summed E-state index contributed by atoms with van der Waals surface area (Å²) in [6.45, 7) is 2.45. The average Bonchev–Trinajstić information content (AvgIpc) is 3.28. The number of carbonyl (C=O) groups excluding carboxylic acids is 1. The van der Waals surface area contributed by atoms with E-state index in [-0.39, 0.29) is 5.78 Å². The Morgan fingerprint density at radius 3 is 2.34 bits per heavy atom. The van der Waals surface area contributed by atoms with Crippen molar-refractivity contribution in [2.24, 2.45) is 5.41 Å². The number of hydrogen-bond donors (Lipinski definition) is 0. The van der Waals surface area contributed by atoms with E-state index in [4.69, 9.17) is 4.74 Å². The first-order valence-electron chi connectivity index (χ1n) is 12.8. The Balaban J connectivity index is 1.64. The van der Waals surface area contributed by atoms with Gasteiger partial charge in [0.05, 0.1) is 30.5 Å². The number of ketones is 1. The number of nitriles is 2. The molecule has 6 rings (SSSR count). The van der Waals surface area contributed by atoms with Gasteiger partial charge < -0.3 is 9.64 Å². The van der Waals surface area contributed by atoms with Crippen molar-refractivity contribution >= 4 is 28.3 Å². The number of hydrogen-bond acceptors (Lipinski definition) is 5. The quantitative estimate of drug-likeness (QED) is 0.295. The summed E-state index contributed by atoms with van der Waals surface area (Å²) in [5.74, 6) is -0.106. The summed E-state index contributed by atoms with van der Waals surface area (Å²) in [7, 11) is 0. The monoisotopic (exact) mass is 495 g/mol. The van der Waals surface area contributed by atoms with Crippen molar-refractivity contribution in [1.82, 2.24) is 0 Å². The van der Waals surface area contributed by atoms with Gasteiger partial charge in [0.25, 0.3) is 0 Å². The van der Waals surface area contributed by atoms with Crippen LogP contribution in [0, 0.1) is 28.1 Å². The Hall–Kier alpha value is -4.87. The maximum atomic E-state index is 14.4. The van der Waals surface area contributed by atoms with Crippen LogP contribution in [0.25, 0.3) is 16.8 Å². The first-order valence-corrected chi connectivity index (χ1v) is 12.8. The van der Waals surface area contributed by atoms with Crippen LogP contribution in [-0.2, 0) is 0 Å². The van der Waals surface area contributed by atoms with Gasteiger partial charge in [-0.3, -0.25) is 4.79 Å². The third-order valence-corrected chi connectivity index (χ3v) is 7.77. The smallest absolute Gasteiger partial charge is 0.185 e. The SMILES string of the molecule is CCOc1ccc(C2C(C(=O)c3ccccc3)N3c4c(ccc5ccccc45)C=CC3C2(C#N)C#N)cc1. The molecular formula is C33H25N3O2. The predicted octanol–water partition coefficient (Wildman–Crippen LogP) is 6.52. The van der Waals surface area contributed by atoms with Gasteiger partial charge in [-0.2, -0.15) is 10.5 Å². The molecule has 2 heterocycles. The van der Waals surface area contributed by atoms with Crippen molar-refractivity contribution in [1.29, 1.82) is 10.5 Å². The maximum absolute atomic E-state index is 14.4. The zero-order valence-electron chi connectivity index (χ0n) is 20.9. The van der Waals surface area contributed by atoms with E-state index < -0.39 is 23.4 Å². The second-order valence-corrected chi connectivity index (χ2v) is 9.68. The fraction of sp³-hybridized carbons (Fsp3) is 0.182. The molecule has 2 aliphatic rings. The number of fused-ring (bicyclic) bond motifs is 5. The largest absolute Gasteiger partial charge is 0.494 e. The topological polar surface area (TPSA) is 77.1 Å². The molecule has 1 fully saturated rings. The van der Waals surface area contributed by atoms with Crippen LogP contribution in [0.3, 0.4) is 0 Å². The molecule has 2 aliphatic heterocycles. The lowest BCUT2D eigenvalue weighted by atomic mass is 9.69. The fourth-order valence-electron chi connectivity index (χ4n) is 6.13. The van der Waals surface area contributed by atoms with Gasteiger partial charge in [-0.05, 0) is 35.6 Å². The van der Waals surface area contributed by atoms with E-state index >= 15 is 0 Å². The van der Waals surface area contributed by atoms with Crippen LogP contribution in [0.15, 0.2) is 97.1 Å². The molecule has 0 N–H and O–H groups in total. The molecule has 184 valence electrons. The van der Waals surface area contributed by atoms with E-state index in [1.54, 1.807) is 12.1 Å². The molecule has 0 aliphatic carbocycles. The Bertz CT molecular complexity index is 1630. The molecule has 5 heteroatoms. The van der Waals surface area contributed by atoms with Crippen molar-refractivity contribution in [3.63, 3.8) is 0 Å². The molecule has 5 nitrogen and oxygen atoms in total. The summed E-state index contributed by atoms with van der Waals surface area (Å²) in [4.78, 5) is 16.5. The van der Waals surface area contributed by atoms with Gasteiger partial charge in [-0.1, -0.05) is 91.0 Å². The van der Waals surface area contributed by atoms with E-state index in [9.17, 15) is 15.3 Å². The molecule has 0 bridgehead atoms. The van der Waals surface area contributed by atoms with Gasteiger partial charge in [-0.25, -0.2) is 0 Å². The van der Waals surface area contributed by atoms with Crippen molar-refractivity contribution in [2.45, 2.75) is 24.9 Å². The van der Waals surface area contributed by atoms with E-state index in [2.05, 4.69) is 18.2 Å². The standard InChI is InChI=1S/C33H25N3O2/c1-2-38-26-17-14-23(15-18-26)29-31(32(37)25-9-4-3-5-10-25)36-28(33(29,20-34)21-35)19-16-24-13-12-22-8-6-7-11-27(22)30(24)36/h3-19,28-29,31H,2H2,1H3. The van der Waals surface area contributed by atoms with Crippen LogP contribution < -0.4 is 9.64 Å². The van der Waals surface area contributed by atoms with E-state index in [1.165, 1.54) is 0 Å². The number of anilines is 1. The van der Waals surface area contributed by atoms with E-state index in [1.807, 2.05) is 96.8 Å². The summed E-state index contributed by atoms with van der Waals surface area (Å²) in [6.07, 6.45) is 3.90. The second kappa shape index (κ2) is 9.21. The highest BCUT2D eigenvalue weighted by Crippen LogP contribution is 2.56. The summed E-state index contributed by atoms with van der Waals surface area (Å²) in [5.41, 5.74) is 1.66. The molecule has 3 atom stereocenters. The van der Waals surface area contributed by atoms with Crippen molar-refractivity contribution in [3.05, 3.63) is 114 Å². The summed E-state index contributed by atoms with van der Waals surface area (Å²) in [5, 5.41) is 23.4. The lowest BCUT2D eigenvalue weighted by Crippen LogP contribution is -2.44. The first-order chi connectivity index (χ1) is 18.6. The summed E-state index contributed by atoms with van der Waals surface area (Å²) in [6, 6.07) is 32.2. The number of benzene rings is 4. The molecule has 0 radical (unpaired) electrons. The highest BCUT2D eigenvalue weighted by atomic mass is 16.5. The average molecular weight is 496 g/mol. The highest BCUT2D eigenvalue weighted by Gasteiger charge is 2.63. The number of rotatable bonds is 5. The lowest BCUT2D eigenvalue weighted by Gasteiger charge is -2.36. The maximum Gasteiger partial charge on any atom is 0.185 e. The summed E-state index contributed by atoms with van der Waals surface area (Å²) >= 11 is 0. The summed E-state index contributed by atoms with van der Waals surface area (Å²) < 4.78 is 5.64. The molecule has 38 heavy (non-hydrogen) atoms. The fourth-order valence-corrected chi connectivity index (χ4v) is 6.13. The third-order valence-electron chi connectivity index (χ3n) is 7.77. The van der Waals surface area contributed by atoms with Gasteiger partial charge in [0.15, 0.2) is 11.2 Å². The first kappa shape index (κ1) is 23.5. The van der Waals surface area contributed by atoms with Crippen molar-refractivity contribution in [3.8, 4) is 17.9 Å². The van der Waals surface area contributed by atoms with E-state index in [0.717, 1.165) is 27.6 Å². The van der Waals surface area contributed by atoms with Crippen LogP contribution >= 0.6 is 0 Å². The van der Waals surface area contributed by atoms with Crippen LogP contribution in [0.4, 0.5) is 5.69 Å². The van der Waals surface area contributed by atoms with Crippen molar-refractivity contribution < 1.29 is 9.53 Å². The molecule has 0 amide bonds. The number of Topliss-reactive ketones (excluding diaryl/α,β-unsaturated/α-hetero) is 1. The predicted molar refractivity (Wildman–Crippen MR) is 148 cm³/mol. The van der Waals surface area contributed by atoms with Gasteiger partial charge in [0.1, 0.15) is 11.8 Å². The molecule has 1 saturated heterocycles. The lowest BCUT2D eigenvalue weighted by molar-refractivity contribution is 0.0951.